The molecule has 0 amide bonds. The lowest BCUT2D eigenvalue weighted by atomic mass is 9.91. The van der Waals surface area contributed by atoms with Crippen LogP contribution in [0.2, 0.25) is 25.7 Å². The SMILES string of the molecule is C[Si](C)(C)CCOCC1(n2ccnc2)C=CC=CC1=S(=O)=O. The third-order valence-electron chi connectivity index (χ3n) is 3.62. The third-order valence-corrected chi connectivity index (χ3v) is 6.17. The molecule has 1 unspecified atom stereocenters. The zero-order valence-electron chi connectivity index (χ0n) is 13.2. The average molecular weight is 339 g/mol. The van der Waals surface area contributed by atoms with Gasteiger partial charge in [0.2, 0.25) is 10.3 Å². The van der Waals surface area contributed by atoms with Crippen molar-refractivity contribution in [3.8, 4) is 0 Å². The van der Waals surface area contributed by atoms with Gasteiger partial charge in [0.15, 0.2) is 0 Å². The molecule has 7 heteroatoms. The second kappa shape index (κ2) is 6.76. The predicted molar refractivity (Wildman–Crippen MR) is 91.4 cm³/mol. The molecular weight excluding hydrogens is 316 g/mol. The molecule has 0 spiro atoms. The lowest BCUT2D eigenvalue weighted by Crippen LogP contribution is -2.44. The lowest BCUT2D eigenvalue weighted by Gasteiger charge is -2.32. The maximum atomic E-state index is 11.7. The van der Waals surface area contributed by atoms with Gasteiger partial charge >= 0.3 is 0 Å². The number of nitrogens with zero attached hydrogens (tertiary/aromatic N) is 2. The quantitative estimate of drug-likeness (QED) is 0.453. The van der Waals surface area contributed by atoms with E-state index in [0.29, 0.717) is 11.5 Å². The summed E-state index contributed by atoms with van der Waals surface area (Å²) in [5.41, 5.74) is -0.850. The first kappa shape index (κ1) is 16.9. The molecule has 0 aromatic carbocycles. The van der Waals surface area contributed by atoms with E-state index in [1.54, 1.807) is 35.4 Å². The van der Waals surface area contributed by atoms with Gasteiger partial charge in [-0.2, -0.15) is 8.42 Å². The highest BCUT2D eigenvalue weighted by molar-refractivity contribution is 7.73. The summed E-state index contributed by atoms with van der Waals surface area (Å²) in [5, 5.41) is 0. The van der Waals surface area contributed by atoms with Crippen LogP contribution in [0.15, 0.2) is 43.0 Å². The number of imidazole rings is 1. The first-order valence-corrected chi connectivity index (χ1v) is 12.0. The summed E-state index contributed by atoms with van der Waals surface area (Å²) in [6, 6.07) is 1.04. The molecule has 22 heavy (non-hydrogen) atoms. The summed E-state index contributed by atoms with van der Waals surface area (Å²) in [4.78, 5) is 4.34. The van der Waals surface area contributed by atoms with Crippen molar-refractivity contribution in [3.63, 3.8) is 0 Å². The van der Waals surface area contributed by atoms with Gasteiger partial charge in [-0.25, -0.2) is 4.98 Å². The van der Waals surface area contributed by atoms with Crippen LogP contribution in [0.1, 0.15) is 0 Å². The third kappa shape index (κ3) is 3.85. The van der Waals surface area contributed by atoms with Crippen molar-refractivity contribution in [2.24, 2.45) is 0 Å². The molecule has 0 fully saturated rings. The minimum Gasteiger partial charge on any atom is -0.379 e. The van der Waals surface area contributed by atoms with Crippen LogP contribution >= 0.6 is 0 Å². The van der Waals surface area contributed by atoms with Gasteiger partial charge in [0.1, 0.15) is 10.4 Å². The molecule has 0 aliphatic heterocycles. The molecule has 1 aromatic rings. The molecule has 0 saturated carbocycles. The van der Waals surface area contributed by atoms with Gasteiger partial charge in [-0.1, -0.05) is 37.9 Å². The summed E-state index contributed by atoms with van der Waals surface area (Å²) < 4.78 is 31.0. The molecule has 1 atom stereocenters. The van der Waals surface area contributed by atoms with Gasteiger partial charge in [-0.3, -0.25) is 0 Å². The standard InChI is InChI=1S/C15H22N2O3SSi/c1-22(2,3)11-10-20-12-15(17-9-8-16-13-17)7-5-4-6-14(15)21(18)19/h4-9,13H,10-12H2,1-3H3. The average Bonchev–Trinajstić information content (AvgIpc) is 2.97. The molecule has 0 N–H and O–H groups in total. The van der Waals surface area contributed by atoms with Gasteiger partial charge in [-0.05, 0) is 12.1 Å². The first-order chi connectivity index (χ1) is 10.4. The zero-order valence-corrected chi connectivity index (χ0v) is 15.0. The van der Waals surface area contributed by atoms with Gasteiger partial charge in [0.25, 0.3) is 0 Å². The van der Waals surface area contributed by atoms with Crippen molar-refractivity contribution < 1.29 is 13.2 Å². The van der Waals surface area contributed by atoms with Crippen molar-refractivity contribution in [2.45, 2.75) is 31.2 Å². The Kier molecular flexibility index (Phi) is 5.20. The molecule has 120 valence electrons. The lowest BCUT2D eigenvalue weighted by molar-refractivity contribution is 0.108. The molecule has 1 heterocycles. The van der Waals surface area contributed by atoms with Crippen LogP contribution in [0, 0.1) is 0 Å². The Labute approximate surface area is 133 Å². The van der Waals surface area contributed by atoms with Crippen LogP contribution in [-0.2, 0) is 20.6 Å². The summed E-state index contributed by atoms with van der Waals surface area (Å²) >= 11 is 0. The minimum atomic E-state index is -2.32. The van der Waals surface area contributed by atoms with Gasteiger partial charge in [0, 0.05) is 27.1 Å². The Morgan fingerprint density at radius 3 is 2.68 bits per heavy atom. The number of hydrogen-bond acceptors (Lipinski definition) is 4. The monoisotopic (exact) mass is 338 g/mol. The molecule has 2 rings (SSSR count). The molecular formula is C15H22N2O3SSi. The summed E-state index contributed by atoms with van der Waals surface area (Å²) in [6.45, 7) is 7.78. The van der Waals surface area contributed by atoms with E-state index < -0.39 is 23.9 Å². The number of ether oxygens (including phenoxy) is 1. The highest BCUT2D eigenvalue weighted by atomic mass is 32.2. The van der Waals surface area contributed by atoms with Crippen molar-refractivity contribution >= 4 is 23.2 Å². The number of hydrogen-bond donors (Lipinski definition) is 0. The van der Waals surface area contributed by atoms with Crippen molar-refractivity contribution in [3.05, 3.63) is 43.0 Å². The summed E-state index contributed by atoms with van der Waals surface area (Å²) in [7, 11) is -3.50. The van der Waals surface area contributed by atoms with E-state index in [9.17, 15) is 8.42 Å². The fraction of sp³-hybridized carbons (Fsp3) is 0.467. The maximum Gasteiger partial charge on any atom is 0.220 e. The molecule has 5 nitrogen and oxygen atoms in total. The van der Waals surface area contributed by atoms with Gasteiger partial charge in [-0.15, -0.1) is 0 Å². The van der Waals surface area contributed by atoms with E-state index >= 15 is 0 Å². The molecule has 0 radical (unpaired) electrons. The van der Waals surface area contributed by atoms with E-state index in [4.69, 9.17) is 4.74 Å². The van der Waals surface area contributed by atoms with Crippen LogP contribution in [0.25, 0.3) is 0 Å². The summed E-state index contributed by atoms with van der Waals surface area (Å²) in [5.74, 6) is 0. The Balaban J connectivity index is 2.27. The molecule has 1 aromatic heterocycles. The topological polar surface area (TPSA) is 61.2 Å². The van der Waals surface area contributed by atoms with Gasteiger partial charge in [0.05, 0.1) is 12.9 Å². The van der Waals surface area contributed by atoms with Crippen molar-refractivity contribution in [1.29, 1.82) is 0 Å². The normalized spacial score (nSPS) is 21.3. The van der Waals surface area contributed by atoms with Crippen LogP contribution in [0.5, 0.6) is 0 Å². The second-order valence-electron chi connectivity index (χ2n) is 6.57. The Bertz CT molecular complexity index is 692. The second-order valence-corrected chi connectivity index (χ2v) is 13.1. The fourth-order valence-electron chi connectivity index (χ4n) is 2.29. The van der Waals surface area contributed by atoms with Gasteiger partial charge < -0.3 is 9.30 Å². The van der Waals surface area contributed by atoms with E-state index in [2.05, 4.69) is 24.6 Å². The van der Waals surface area contributed by atoms with Crippen LogP contribution in [-0.4, -0.2) is 44.1 Å². The first-order valence-electron chi connectivity index (χ1n) is 7.24. The maximum absolute atomic E-state index is 11.7. The number of allylic oxidation sites excluding steroid dienone is 3. The number of rotatable bonds is 6. The Hall–Kier alpha value is -1.44. The van der Waals surface area contributed by atoms with Crippen molar-refractivity contribution in [1.82, 2.24) is 9.55 Å². The van der Waals surface area contributed by atoms with Crippen molar-refractivity contribution in [2.75, 3.05) is 13.2 Å². The fourth-order valence-corrected chi connectivity index (χ4v) is 3.76. The van der Waals surface area contributed by atoms with E-state index in [1.807, 2.05) is 12.2 Å². The zero-order chi connectivity index (χ0) is 16.2. The molecule has 0 saturated heterocycles. The van der Waals surface area contributed by atoms with Crippen LogP contribution in [0.3, 0.4) is 0 Å². The number of aromatic nitrogens is 2. The highest BCUT2D eigenvalue weighted by Gasteiger charge is 2.36. The van der Waals surface area contributed by atoms with E-state index in [-0.39, 0.29) is 6.61 Å². The Morgan fingerprint density at radius 1 is 1.32 bits per heavy atom. The van der Waals surface area contributed by atoms with Crippen LogP contribution < -0.4 is 0 Å². The van der Waals surface area contributed by atoms with E-state index in [1.165, 1.54) is 0 Å². The molecule has 0 bridgehead atoms. The Morgan fingerprint density at radius 2 is 2.09 bits per heavy atom. The molecule has 1 aliphatic carbocycles. The van der Waals surface area contributed by atoms with Crippen LogP contribution in [0.4, 0.5) is 0 Å². The minimum absolute atomic E-state index is 0.276. The smallest absolute Gasteiger partial charge is 0.220 e. The summed E-state index contributed by atoms with van der Waals surface area (Å²) in [6.07, 6.45) is 12.1. The molecule has 1 aliphatic rings. The van der Waals surface area contributed by atoms with E-state index in [0.717, 1.165) is 6.04 Å². The predicted octanol–water partition coefficient (Wildman–Crippen LogP) is 2.11. The largest absolute Gasteiger partial charge is 0.379 e. The highest BCUT2D eigenvalue weighted by Crippen LogP contribution is 2.25.